The van der Waals surface area contributed by atoms with Crippen molar-refractivity contribution in [3.8, 4) is 0 Å². The van der Waals surface area contributed by atoms with Gasteiger partial charge in [-0.15, -0.1) is 0 Å². The van der Waals surface area contributed by atoms with Crippen LogP contribution in [0.1, 0.15) is 12.8 Å². The number of carbonyl (C=O) groups is 1. The Morgan fingerprint density at radius 1 is 1.53 bits per heavy atom. The molecule has 1 aromatic rings. The zero-order chi connectivity index (χ0) is 12.4. The van der Waals surface area contributed by atoms with Crippen LogP contribution in [0.15, 0.2) is 16.6 Å². The van der Waals surface area contributed by atoms with Gasteiger partial charge in [0, 0.05) is 12.6 Å². The van der Waals surface area contributed by atoms with Gasteiger partial charge >= 0.3 is 0 Å². The van der Waals surface area contributed by atoms with Gasteiger partial charge in [0.1, 0.15) is 11.9 Å². The number of nitrogens with one attached hydrogen (secondary N) is 2. The maximum atomic E-state index is 13.2. The van der Waals surface area contributed by atoms with Crippen molar-refractivity contribution < 1.29 is 9.18 Å². The smallest absolute Gasteiger partial charge is 0.242 e. The second-order valence-corrected chi connectivity index (χ2v) is 4.84. The zero-order valence-corrected chi connectivity index (χ0v) is 10.7. The van der Waals surface area contributed by atoms with Crippen LogP contribution in [0.25, 0.3) is 0 Å². The fraction of sp³-hybridized carbons (Fsp3) is 0.364. The number of carbonyl (C=O) groups excluding carboxylic acids is 1. The summed E-state index contributed by atoms with van der Waals surface area (Å²) in [6.45, 7) is 0.708. The normalized spacial score (nSPS) is 19.9. The fourth-order valence-electron chi connectivity index (χ4n) is 1.78. The second kappa shape index (κ2) is 4.91. The maximum absolute atomic E-state index is 13.2. The van der Waals surface area contributed by atoms with Crippen molar-refractivity contribution >= 4 is 33.2 Å². The molecule has 17 heavy (non-hydrogen) atoms. The highest BCUT2D eigenvalue weighted by molar-refractivity contribution is 9.10. The van der Waals surface area contributed by atoms with Crippen molar-refractivity contribution in [1.82, 2.24) is 5.32 Å². The first kappa shape index (κ1) is 12.2. The van der Waals surface area contributed by atoms with E-state index in [0.717, 1.165) is 12.8 Å². The molecule has 2 rings (SSSR count). The van der Waals surface area contributed by atoms with Gasteiger partial charge in [0.25, 0.3) is 0 Å². The van der Waals surface area contributed by atoms with Crippen LogP contribution in [-0.2, 0) is 4.79 Å². The number of nitrogens with two attached hydrogens (primary N) is 1. The number of anilines is 2. The summed E-state index contributed by atoms with van der Waals surface area (Å²) in [5.41, 5.74) is 6.56. The molecule has 4 N–H and O–H groups in total. The number of hydrogen-bond acceptors (Lipinski definition) is 3. The van der Waals surface area contributed by atoms with Crippen LogP contribution in [0.2, 0.25) is 0 Å². The van der Waals surface area contributed by atoms with E-state index in [9.17, 15) is 9.18 Å². The SMILES string of the molecule is Nc1cc(F)c(Br)cc1NC1CCCNC1=O. The third kappa shape index (κ3) is 2.69. The van der Waals surface area contributed by atoms with Crippen molar-refractivity contribution in [2.45, 2.75) is 18.9 Å². The second-order valence-electron chi connectivity index (χ2n) is 3.98. The molecule has 0 aliphatic carbocycles. The Kier molecular flexibility index (Phi) is 3.51. The number of halogens is 2. The third-order valence-electron chi connectivity index (χ3n) is 2.71. The van der Waals surface area contributed by atoms with Crippen molar-refractivity contribution in [3.05, 3.63) is 22.4 Å². The average molecular weight is 302 g/mol. The molecule has 1 fully saturated rings. The Morgan fingerprint density at radius 3 is 3.00 bits per heavy atom. The summed E-state index contributed by atoms with van der Waals surface area (Å²) in [6.07, 6.45) is 1.67. The Hall–Kier alpha value is -1.30. The highest BCUT2D eigenvalue weighted by atomic mass is 79.9. The van der Waals surface area contributed by atoms with Crippen LogP contribution < -0.4 is 16.4 Å². The van der Waals surface area contributed by atoms with Crippen LogP contribution >= 0.6 is 15.9 Å². The number of hydrogen-bond donors (Lipinski definition) is 3. The zero-order valence-electron chi connectivity index (χ0n) is 9.09. The predicted octanol–water partition coefficient (Wildman–Crippen LogP) is 1.86. The molecule has 6 heteroatoms. The van der Waals surface area contributed by atoms with Gasteiger partial charge in [0.2, 0.25) is 5.91 Å². The standard InChI is InChI=1S/C11H13BrFN3O/c12-6-4-10(8(14)5-7(6)13)16-9-2-1-3-15-11(9)17/h4-5,9,16H,1-3,14H2,(H,15,17). The predicted molar refractivity (Wildman–Crippen MR) is 68.2 cm³/mol. The summed E-state index contributed by atoms with van der Waals surface area (Å²) in [5.74, 6) is -0.461. The lowest BCUT2D eigenvalue weighted by Gasteiger charge is -2.24. The first-order valence-electron chi connectivity index (χ1n) is 5.36. The van der Waals surface area contributed by atoms with Gasteiger partial charge in [-0.05, 0) is 34.8 Å². The molecule has 0 radical (unpaired) electrons. The van der Waals surface area contributed by atoms with E-state index < -0.39 is 5.82 Å². The lowest BCUT2D eigenvalue weighted by atomic mass is 10.1. The van der Waals surface area contributed by atoms with Crippen LogP contribution in [0, 0.1) is 5.82 Å². The molecule has 4 nitrogen and oxygen atoms in total. The molecule has 0 spiro atoms. The van der Waals surface area contributed by atoms with Crippen molar-refractivity contribution in [2.24, 2.45) is 0 Å². The van der Waals surface area contributed by atoms with Crippen molar-refractivity contribution in [1.29, 1.82) is 0 Å². The summed E-state index contributed by atoms with van der Waals surface area (Å²) in [7, 11) is 0. The highest BCUT2D eigenvalue weighted by Gasteiger charge is 2.22. The Morgan fingerprint density at radius 2 is 2.29 bits per heavy atom. The molecule has 1 aliphatic rings. The van der Waals surface area contributed by atoms with Gasteiger partial charge in [-0.25, -0.2) is 4.39 Å². The van der Waals surface area contributed by atoms with E-state index in [1.807, 2.05) is 0 Å². The molecule has 0 bridgehead atoms. The Bertz CT molecular complexity index is 453. The number of benzene rings is 1. The molecule has 1 aromatic carbocycles. The minimum absolute atomic E-state index is 0.0453. The van der Waals surface area contributed by atoms with E-state index in [2.05, 4.69) is 26.6 Å². The van der Waals surface area contributed by atoms with E-state index in [1.54, 1.807) is 6.07 Å². The first-order chi connectivity index (χ1) is 8.08. The summed E-state index contributed by atoms with van der Waals surface area (Å²) >= 11 is 3.09. The Balaban J connectivity index is 2.17. The molecule has 0 aromatic heterocycles. The van der Waals surface area contributed by atoms with Crippen LogP contribution in [0.4, 0.5) is 15.8 Å². The monoisotopic (exact) mass is 301 g/mol. The van der Waals surface area contributed by atoms with E-state index in [4.69, 9.17) is 5.73 Å². The Labute approximate surface area is 107 Å². The number of amides is 1. The van der Waals surface area contributed by atoms with E-state index in [-0.39, 0.29) is 11.9 Å². The molecule has 1 heterocycles. The van der Waals surface area contributed by atoms with Crippen molar-refractivity contribution in [2.75, 3.05) is 17.6 Å². The molecule has 1 unspecified atom stereocenters. The topological polar surface area (TPSA) is 67.2 Å². The first-order valence-corrected chi connectivity index (χ1v) is 6.16. The quantitative estimate of drug-likeness (QED) is 0.731. The third-order valence-corrected chi connectivity index (χ3v) is 3.32. The van der Waals surface area contributed by atoms with Gasteiger partial charge in [-0.2, -0.15) is 0 Å². The minimum atomic E-state index is -0.416. The lowest BCUT2D eigenvalue weighted by Crippen LogP contribution is -2.44. The number of rotatable bonds is 2. The highest BCUT2D eigenvalue weighted by Crippen LogP contribution is 2.27. The largest absolute Gasteiger partial charge is 0.397 e. The van der Waals surface area contributed by atoms with Crippen molar-refractivity contribution in [3.63, 3.8) is 0 Å². The fourth-order valence-corrected chi connectivity index (χ4v) is 2.13. The van der Waals surface area contributed by atoms with Gasteiger partial charge < -0.3 is 16.4 Å². The minimum Gasteiger partial charge on any atom is -0.397 e. The number of piperidine rings is 1. The summed E-state index contributed by atoms with van der Waals surface area (Å²) in [4.78, 5) is 11.6. The molecule has 1 saturated heterocycles. The molecular weight excluding hydrogens is 289 g/mol. The summed E-state index contributed by atoms with van der Waals surface area (Å²) in [6, 6.07) is 2.48. The van der Waals surface area contributed by atoms with E-state index in [1.165, 1.54) is 6.07 Å². The average Bonchev–Trinajstić information content (AvgIpc) is 2.29. The van der Waals surface area contributed by atoms with Gasteiger partial charge in [-0.1, -0.05) is 0 Å². The summed E-state index contributed by atoms with van der Waals surface area (Å²) in [5, 5.41) is 5.80. The molecule has 0 saturated carbocycles. The van der Waals surface area contributed by atoms with Crippen LogP contribution in [0.5, 0.6) is 0 Å². The van der Waals surface area contributed by atoms with Crippen LogP contribution in [0.3, 0.4) is 0 Å². The van der Waals surface area contributed by atoms with Gasteiger partial charge in [0.15, 0.2) is 0 Å². The number of nitrogen functional groups attached to an aromatic ring is 1. The summed E-state index contributed by atoms with van der Waals surface area (Å²) < 4.78 is 13.5. The van der Waals surface area contributed by atoms with Gasteiger partial charge in [0.05, 0.1) is 15.8 Å². The van der Waals surface area contributed by atoms with Gasteiger partial charge in [-0.3, -0.25) is 4.79 Å². The molecule has 1 amide bonds. The van der Waals surface area contributed by atoms with E-state index >= 15 is 0 Å². The lowest BCUT2D eigenvalue weighted by molar-refractivity contribution is -0.123. The molecule has 1 aliphatic heterocycles. The molecular formula is C11H13BrFN3O. The molecule has 92 valence electrons. The molecule has 1 atom stereocenters. The van der Waals surface area contributed by atoms with Crippen LogP contribution in [-0.4, -0.2) is 18.5 Å². The van der Waals surface area contributed by atoms with E-state index in [0.29, 0.717) is 22.4 Å². The maximum Gasteiger partial charge on any atom is 0.242 e.